The number of rotatable bonds is 4. The molecule has 0 aliphatic rings. The van der Waals surface area contributed by atoms with Crippen LogP contribution in [0.15, 0.2) is 42.5 Å². The largest absolute Gasteiger partial charge is 0.378 e. The first kappa shape index (κ1) is 14.7. The highest BCUT2D eigenvalue weighted by Gasteiger charge is 2.12. The molecule has 21 heavy (non-hydrogen) atoms. The molecule has 0 saturated heterocycles. The van der Waals surface area contributed by atoms with Gasteiger partial charge in [0.25, 0.3) is 5.91 Å². The van der Waals surface area contributed by atoms with E-state index in [0.717, 1.165) is 5.69 Å². The van der Waals surface area contributed by atoms with E-state index in [1.807, 2.05) is 19.0 Å². The average molecular weight is 286 g/mol. The van der Waals surface area contributed by atoms with Gasteiger partial charge in [0, 0.05) is 25.3 Å². The second-order valence-electron chi connectivity index (χ2n) is 4.72. The fourth-order valence-electron chi connectivity index (χ4n) is 1.84. The molecule has 2 aromatic rings. The second-order valence-corrected chi connectivity index (χ2v) is 4.72. The van der Waals surface area contributed by atoms with E-state index in [4.69, 9.17) is 0 Å². The van der Waals surface area contributed by atoms with E-state index in [0.29, 0.717) is 11.8 Å². The number of nitrogens with one attached hydrogen (secondary N) is 1. The molecule has 0 unspecified atom stereocenters. The number of hydrogen-bond donors (Lipinski definition) is 1. The van der Waals surface area contributed by atoms with Gasteiger partial charge in [0.1, 0.15) is 0 Å². The lowest BCUT2D eigenvalue weighted by Crippen LogP contribution is -2.14. The van der Waals surface area contributed by atoms with Gasteiger partial charge in [0.15, 0.2) is 12.1 Å². The van der Waals surface area contributed by atoms with Crippen LogP contribution < -0.4 is 10.2 Å². The van der Waals surface area contributed by atoms with Crippen molar-refractivity contribution in [3.63, 3.8) is 0 Å². The molecule has 108 valence electrons. The fraction of sp³-hybridized carbons (Fsp3) is 0.125. The lowest BCUT2D eigenvalue weighted by molar-refractivity contribution is 0.102. The van der Waals surface area contributed by atoms with Crippen molar-refractivity contribution in [2.45, 2.75) is 0 Å². The van der Waals surface area contributed by atoms with E-state index in [-0.39, 0.29) is 11.3 Å². The number of amides is 1. The zero-order chi connectivity index (χ0) is 15.4. The number of halogens is 1. The van der Waals surface area contributed by atoms with Gasteiger partial charge >= 0.3 is 0 Å². The lowest BCUT2D eigenvalue weighted by atomic mass is 10.1. The Kier molecular flexibility index (Phi) is 4.33. The quantitative estimate of drug-likeness (QED) is 0.879. The molecule has 2 rings (SSSR count). The number of aldehydes is 1. The van der Waals surface area contributed by atoms with Gasteiger partial charge < -0.3 is 10.2 Å². The van der Waals surface area contributed by atoms with E-state index < -0.39 is 11.7 Å². The highest BCUT2D eigenvalue weighted by Crippen LogP contribution is 2.18. The molecular formula is C16H15FN2O2. The van der Waals surface area contributed by atoms with Crippen molar-refractivity contribution >= 4 is 23.6 Å². The molecule has 4 nitrogen and oxygen atoms in total. The monoisotopic (exact) mass is 286 g/mol. The molecule has 0 aliphatic heterocycles. The van der Waals surface area contributed by atoms with Crippen LogP contribution in [-0.4, -0.2) is 26.3 Å². The Hall–Kier alpha value is -2.69. The Labute approximate surface area is 122 Å². The lowest BCUT2D eigenvalue weighted by Gasteiger charge is -2.13. The second kappa shape index (κ2) is 6.17. The van der Waals surface area contributed by atoms with E-state index in [1.54, 1.807) is 24.3 Å². The molecule has 0 fully saturated rings. The van der Waals surface area contributed by atoms with Gasteiger partial charge in [-0.2, -0.15) is 0 Å². The van der Waals surface area contributed by atoms with Gasteiger partial charge in [-0.25, -0.2) is 4.39 Å². The van der Waals surface area contributed by atoms with E-state index in [2.05, 4.69) is 5.32 Å². The van der Waals surface area contributed by atoms with Crippen LogP contribution in [0.4, 0.5) is 15.8 Å². The first-order chi connectivity index (χ1) is 10.0. The molecule has 2 aromatic carbocycles. The van der Waals surface area contributed by atoms with Gasteiger partial charge in [0.05, 0.1) is 11.3 Å². The van der Waals surface area contributed by atoms with E-state index in [9.17, 15) is 14.0 Å². The third-order valence-corrected chi connectivity index (χ3v) is 3.05. The molecular weight excluding hydrogens is 271 g/mol. The summed E-state index contributed by atoms with van der Waals surface area (Å²) in [7, 11) is 3.80. The standard InChI is InChI=1S/C16H15FN2O2/c1-19(2)13-8-6-11(7-9-13)16(21)18-14-5-3-4-12(10-20)15(14)17/h3-10H,1-2H3,(H,18,21). The van der Waals surface area contributed by atoms with Gasteiger partial charge in [0.2, 0.25) is 0 Å². The third-order valence-electron chi connectivity index (χ3n) is 3.05. The third kappa shape index (κ3) is 3.25. The van der Waals surface area contributed by atoms with Crippen molar-refractivity contribution in [2.24, 2.45) is 0 Å². The minimum atomic E-state index is -0.731. The minimum absolute atomic E-state index is 0.0127. The summed E-state index contributed by atoms with van der Waals surface area (Å²) in [6.45, 7) is 0. The van der Waals surface area contributed by atoms with Crippen LogP contribution in [-0.2, 0) is 0 Å². The Morgan fingerprint density at radius 2 is 1.81 bits per heavy atom. The molecule has 0 heterocycles. The van der Waals surface area contributed by atoms with Crippen molar-refractivity contribution < 1.29 is 14.0 Å². The Morgan fingerprint density at radius 1 is 1.14 bits per heavy atom. The van der Waals surface area contributed by atoms with E-state index >= 15 is 0 Å². The van der Waals surface area contributed by atoms with Crippen molar-refractivity contribution in [1.82, 2.24) is 0 Å². The van der Waals surface area contributed by atoms with Crippen LogP contribution in [0, 0.1) is 5.82 Å². The summed E-state index contributed by atoms with van der Waals surface area (Å²) in [5.41, 5.74) is 1.27. The van der Waals surface area contributed by atoms with Crippen molar-refractivity contribution in [1.29, 1.82) is 0 Å². The summed E-state index contributed by atoms with van der Waals surface area (Å²) in [6.07, 6.45) is 0.414. The highest BCUT2D eigenvalue weighted by atomic mass is 19.1. The Morgan fingerprint density at radius 3 is 2.38 bits per heavy atom. The number of benzene rings is 2. The van der Waals surface area contributed by atoms with Gasteiger partial charge in [-0.15, -0.1) is 0 Å². The number of carbonyl (C=O) groups excluding carboxylic acids is 2. The fourth-order valence-corrected chi connectivity index (χ4v) is 1.84. The molecule has 0 saturated carbocycles. The van der Waals surface area contributed by atoms with Crippen molar-refractivity contribution in [3.8, 4) is 0 Å². The Bertz CT molecular complexity index is 666. The van der Waals surface area contributed by atoms with Crippen LogP contribution in [0.5, 0.6) is 0 Å². The van der Waals surface area contributed by atoms with Crippen molar-refractivity contribution in [3.05, 3.63) is 59.4 Å². The molecule has 0 aliphatic carbocycles. The Balaban J connectivity index is 2.20. The first-order valence-electron chi connectivity index (χ1n) is 6.35. The molecule has 0 aromatic heterocycles. The normalized spacial score (nSPS) is 10.0. The van der Waals surface area contributed by atoms with Crippen molar-refractivity contribution in [2.75, 3.05) is 24.3 Å². The topological polar surface area (TPSA) is 49.4 Å². The molecule has 1 amide bonds. The van der Waals surface area contributed by atoms with Gasteiger partial charge in [-0.1, -0.05) is 6.07 Å². The number of carbonyl (C=O) groups is 2. The summed E-state index contributed by atoms with van der Waals surface area (Å²) in [6, 6.07) is 11.2. The summed E-state index contributed by atoms with van der Waals surface area (Å²) >= 11 is 0. The maximum atomic E-state index is 13.9. The molecule has 0 bridgehead atoms. The molecule has 0 atom stereocenters. The predicted octanol–water partition coefficient (Wildman–Crippen LogP) is 2.96. The molecule has 0 spiro atoms. The van der Waals surface area contributed by atoms with Crippen LogP contribution >= 0.6 is 0 Å². The van der Waals surface area contributed by atoms with E-state index in [1.165, 1.54) is 18.2 Å². The maximum Gasteiger partial charge on any atom is 0.255 e. The molecule has 0 radical (unpaired) electrons. The summed E-state index contributed by atoms with van der Waals surface area (Å²) in [5.74, 6) is -1.16. The maximum absolute atomic E-state index is 13.9. The highest BCUT2D eigenvalue weighted by molar-refractivity contribution is 6.04. The zero-order valence-corrected chi connectivity index (χ0v) is 11.8. The minimum Gasteiger partial charge on any atom is -0.378 e. The number of nitrogens with zero attached hydrogens (tertiary/aromatic N) is 1. The number of hydrogen-bond acceptors (Lipinski definition) is 3. The first-order valence-corrected chi connectivity index (χ1v) is 6.35. The van der Waals surface area contributed by atoms with Crippen LogP contribution in [0.25, 0.3) is 0 Å². The summed E-state index contributed by atoms with van der Waals surface area (Å²) in [5, 5.41) is 2.46. The smallest absolute Gasteiger partial charge is 0.255 e. The van der Waals surface area contributed by atoms with Crippen LogP contribution in [0.3, 0.4) is 0 Å². The molecule has 5 heteroatoms. The summed E-state index contributed by atoms with van der Waals surface area (Å²) < 4.78 is 13.9. The van der Waals surface area contributed by atoms with Gasteiger partial charge in [-0.3, -0.25) is 9.59 Å². The summed E-state index contributed by atoms with van der Waals surface area (Å²) in [4.78, 5) is 24.7. The predicted molar refractivity (Wildman–Crippen MR) is 80.5 cm³/mol. The van der Waals surface area contributed by atoms with Crippen LogP contribution in [0.1, 0.15) is 20.7 Å². The zero-order valence-electron chi connectivity index (χ0n) is 11.8. The molecule has 1 N–H and O–H groups in total. The number of anilines is 2. The van der Waals surface area contributed by atoms with Crippen LogP contribution in [0.2, 0.25) is 0 Å². The average Bonchev–Trinajstić information content (AvgIpc) is 2.49. The SMILES string of the molecule is CN(C)c1ccc(C(=O)Nc2cccc(C=O)c2F)cc1. The van der Waals surface area contributed by atoms with Gasteiger partial charge in [-0.05, 0) is 36.4 Å².